The molecule has 0 unspecified atom stereocenters. The maximum Gasteiger partial charge on any atom is 0.125 e. The molecule has 2 aromatic carbocycles. The van der Waals surface area contributed by atoms with Gasteiger partial charge >= 0.3 is 0 Å². The molecule has 0 N–H and O–H groups in total. The molecule has 2 rings (SSSR count). The molecule has 0 spiro atoms. The number of ether oxygens (including phenoxy) is 6. The number of hydrogen-bond acceptors (Lipinski definition) is 6. The monoisotopic (exact) mass is 548 g/mol. The molecule has 0 aliphatic carbocycles. The Hall–Kier alpha value is -1.48. The first-order chi connectivity index (χ1) is 14.5. The first-order valence-corrected chi connectivity index (χ1v) is 11.3. The van der Waals surface area contributed by atoms with Crippen LogP contribution in [0.3, 0.4) is 0 Å². The summed E-state index contributed by atoms with van der Waals surface area (Å²) in [6.45, 7) is 0.986. The lowest BCUT2D eigenvalue weighted by molar-refractivity contribution is 0.177. The van der Waals surface area contributed by atoms with Gasteiger partial charge in [-0.15, -0.1) is 0 Å². The Balaban J connectivity index is 0.000000303. The molecule has 0 amide bonds. The van der Waals surface area contributed by atoms with Gasteiger partial charge in [-0.2, -0.15) is 0 Å². The molecular weight excluding hydrogens is 520 g/mol. The van der Waals surface area contributed by atoms with E-state index in [0.717, 1.165) is 55.9 Å². The second kappa shape index (κ2) is 14.5. The van der Waals surface area contributed by atoms with Gasteiger partial charge in [0.25, 0.3) is 0 Å². The lowest BCUT2D eigenvalue weighted by Crippen LogP contribution is -2.00. The van der Waals surface area contributed by atoms with E-state index in [1.807, 2.05) is 24.3 Å². The van der Waals surface area contributed by atoms with E-state index in [-0.39, 0.29) is 0 Å². The van der Waals surface area contributed by atoms with Crippen LogP contribution < -0.4 is 18.9 Å². The molecule has 0 saturated carbocycles. The fraction of sp³-hybridized carbons (Fsp3) is 0.455. The van der Waals surface area contributed by atoms with Gasteiger partial charge in [0.05, 0.1) is 41.7 Å². The van der Waals surface area contributed by atoms with Crippen LogP contribution in [0.15, 0.2) is 24.3 Å². The number of hydrogen-bond donors (Lipinski definition) is 0. The molecule has 0 saturated heterocycles. The van der Waals surface area contributed by atoms with Gasteiger partial charge in [-0.3, -0.25) is 0 Å². The third-order valence-corrected chi connectivity index (χ3v) is 5.46. The maximum atomic E-state index is 5.29. The largest absolute Gasteiger partial charge is 0.496 e. The minimum absolute atomic E-state index is 0.493. The minimum atomic E-state index is 0.493. The molecular formula is C22H30Br2O6. The average Bonchev–Trinajstić information content (AvgIpc) is 2.79. The fourth-order valence-corrected chi connectivity index (χ4v) is 3.67. The second-order valence-electron chi connectivity index (χ2n) is 6.09. The summed E-state index contributed by atoms with van der Waals surface area (Å²) in [4.78, 5) is 0. The predicted octanol–water partition coefficient (Wildman–Crippen LogP) is 5.49. The van der Waals surface area contributed by atoms with E-state index in [0.29, 0.717) is 13.2 Å². The van der Waals surface area contributed by atoms with Crippen molar-refractivity contribution < 1.29 is 28.4 Å². The van der Waals surface area contributed by atoms with E-state index in [4.69, 9.17) is 28.4 Å². The molecule has 8 heteroatoms. The van der Waals surface area contributed by atoms with Crippen LogP contribution in [0.2, 0.25) is 0 Å². The average molecular weight is 550 g/mol. The van der Waals surface area contributed by atoms with Gasteiger partial charge in [-0.05, 0) is 24.3 Å². The number of alkyl halides is 2. The topological polar surface area (TPSA) is 55.4 Å². The highest BCUT2D eigenvalue weighted by Crippen LogP contribution is 2.31. The van der Waals surface area contributed by atoms with Crippen LogP contribution in [0.1, 0.15) is 22.3 Å². The summed E-state index contributed by atoms with van der Waals surface area (Å²) >= 11 is 6.82. The Morgan fingerprint density at radius 1 is 0.500 bits per heavy atom. The number of methoxy groups -OCH3 is 6. The van der Waals surface area contributed by atoms with Gasteiger partial charge in [-0.1, -0.05) is 31.9 Å². The van der Waals surface area contributed by atoms with Gasteiger partial charge in [0, 0.05) is 47.1 Å². The van der Waals surface area contributed by atoms with Crippen molar-refractivity contribution in [2.45, 2.75) is 23.9 Å². The fourth-order valence-electron chi connectivity index (χ4n) is 2.79. The second-order valence-corrected chi connectivity index (χ2v) is 7.21. The molecule has 0 heterocycles. The van der Waals surface area contributed by atoms with Gasteiger partial charge in [0.1, 0.15) is 23.0 Å². The van der Waals surface area contributed by atoms with Gasteiger partial charge < -0.3 is 28.4 Å². The SMILES string of the molecule is COCc1cc(OC)c(COC)cc1OC.COc1cc(CBr)c(OC)cc1CBr. The zero-order valence-electron chi connectivity index (χ0n) is 18.3. The molecule has 6 nitrogen and oxygen atoms in total. The first-order valence-electron chi connectivity index (χ1n) is 9.10. The Morgan fingerprint density at radius 2 is 0.767 bits per heavy atom. The molecule has 168 valence electrons. The quantitative estimate of drug-likeness (QED) is 0.365. The molecule has 30 heavy (non-hydrogen) atoms. The van der Waals surface area contributed by atoms with Crippen LogP contribution >= 0.6 is 31.9 Å². The summed E-state index contributed by atoms with van der Waals surface area (Å²) in [6.07, 6.45) is 0. The molecule has 0 radical (unpaired) electrons. The van der Waals surface area contributed by atoms with Crippen molar-refractivity contribution in [3.8, 4) is 23.0 Å². The minimum Gasteiger partial charge on any atom is -0.496 e. The lowest BCUT2D eigenvalue weighted by atomic mass is 10.1. The molecule has 0 fully saturated rings. The number of halogens is 2. The van der Waals surface area contributed by atoms with E-state index < -0.39 is 0 Å². The van der Waals surface area contributed by atoms with Crippen molar-refractivity contribution >= 4 is 31.9 Å². The highest BCUT2D eigenvalue weighted by molar-refractivity contribution is 9.08. The van der Waals surface area contributed by atoms with Gasteiger partial charge in [0.2, 0.25) is 0 Å². The standard InChI is InChI=1S/C12H18O4.C10H12Br2O2/c1-13-7-9-5-12(16-4)10(8-14-2)6-11(9)15-3;1-13-9-3-8(6-12)10(14-2)4-7(9)5-11/h5-6H,7-8H2,1-4H3;3-4H,5-6H2,1-2H3. The van der Waals surface area contributed by atoms with E-state index >= 15 is 0 Å². The smallest absolute Gasteiger partial charge is 0.125 e. The third-order valence-electron chi connectivity index (χ3n) is 4.25. The van der Waals surface area contributed by atoms with Crippen LogP contribution in [0.5, 0.6) is 23.0 Å². The summed E-state index contributed by atoms with van der Waals surface area (Å²) in [5, 5.41) is 1.52. The van der Waals surface area contributed by atoms with Crippen molar-refractivity contribution in [1.29, 1.82) is 0 Å². The zero-order valence-corrected chi connectivity index (χ0v) is 21.5. The molecule has 0 bridgehead atoms. The Kier molecular flexibility index (Phi) is 12.8. The van der Waals surface area contributed by atoms with Crippen LogP contribution in [0, 0.1) is 0 Å². The van der Waals surface area contributed by atoms with Crippen LogP contribution in [0.4, 0.5) is 0 Å². The molecule has 0 aliphatic rings. The predicted molar refractivity (Wildman–Crippen MR) is 126 cm³/mol. The van der Waals surface area contributed by atoms with E-state index in [9.17, 15) is 0 Å². The molecule has 0 atom stereocenters. The normalized spacial score (nSPS) is 10.1. The van der Waals surface area contributed by atoms with Crippen LogP contribution in [-0.4, -0.2) is 42.7 Å². The Bertz CT molecular complexity index is 691. The van der Waals surface area contributed by atoms with Crippen molar-refractivity contribution in [2.75, 3.05) is 42.7 Å². The first kappa shape index (κ1) is 26.6. The van der Waals surface area contributed by atoms with E-state index in [1.165, 1.54) is 0 Å². The van der Waals surface area contributed by atoms with Crippen molar-refractivity contribution in [3.05, 3.63) is 46.5 Å². The summed E-state index contributed by atoms with van der Waals surface area (Å²) in [6, 6.07) is 7.81. The molecule has 0 aliphatic heterocycles. The Morgan fingerprint density at radius 3 is 1.00 bits per heavy atom. The van der Waals surface area contributed by atoms with Crippen molar-refractivity contribution in [2.24, 2.45) is 0 Å². The highest BCUT2D eigenvalue weighted by atomic mass is 79.9. The zero-order chi connectivity index (χ0) is 22.5. The van der Waals surface area contributed by atoms with Crippen LogP contribution in [0.25, 0.3) is 0 Å². The van der Waals surface area contributed by atoms with E-state index in [1.54, 1.807) is 42.7 Å². The van der Waals surface area contributed by atoms with Crippen LogP contribution in [-0.2, 0) is 33.3 Å². The van der Waals surface area contributed by atoms with Crippen molar-refractivity contribution in [1.82, 2.24) is 0 Å². The third kappa shape index (κ3) is 7.34. The summed E-state index contributed by atoms with van der Waals surface area (Å²) in [5.41, 5.74) is 4.10. The Labute approximate surface area is 196 Å². The summed E-state index contributed by atoms with van der Waals surface area (Å²) < 4.78 is 31.3. The van der Waals surface area contributed by atoms with E-state index in [2.05, 4.69) is 31.9 Å². The summed E-state index contributed by atoms with van der Waals surface area (Å²) in [7, 11) is 9.91. The van der Waals surface area contributed by atoms with Gasteiger partial charge in [-0.25, -0.2) is 0 Å². The maximum absolute atomic E-state index is 5.29. The molecule has 0 aromatic heterocycles. The summed E-state index contributed by atoms with van der Waals surface area (Å²) in [5.74, 6) is 3.35. The highest BCUT2D eigenvalue weighted by Gasteiger charge is 2.11. The number of benzene rings is 2. The van der Waals surface area contributed by atoms with Gasteiger partial charge in [0.15, 0.2) is 0 Å². The number of rotatable bonds is 10. The van der Waals surface area contributed by atoms with Crippen molar-refractivity contribution in [3.63, 3.8) is 0 Å². The molecule has 2 aromatic rings. The lowest BCUT2D eigenvalue weighted by Gasteiger charge is -2.14.